The molecular weight excluding hydrogens is 450 g/mol. The van der Waals surface area contributed by atoms with Gasteiger partial charge in [-0.2, -0.15) is 17.4 Å². The van der Waals surface area contributed by atoms with Crippen LogP contribution in [0.5, 0.6) is 0 Å². The number of nitrogens with zero attached hydrogens (tertiary/aromatic N) is 2. The number of nitrogens with one attached hydrogen (secondary N) is 1. The van der Waals surface area contributed by atoms with Crippen LogP contribution in [0.1, 0.15) is 63.0 Å². The van der Waals surface area contributed by atoms with E-state index in [4.69, 9.17) is 4.42 Å². The number of benzene rings is 1. The zero-order valence-corrected chi connectivity index (χ0v) is 21.3. The van der Waals surface area contributed by atoms with E-state index < -0.39 is 15.7 Å². The Morgan fingerprint density at radius 3 is 2.32 bits per heavy atom. The monoisotopic (exact) mass is 485 g/mol. The summed E-state index contributed by atoms with van der Waals surface area (Å²) in [4.78, 5) is 15.0. The van der Waals surface area contributed by atoms with Gasteiger partial charge in [-0.15, -0.1) is 0 Å². The number of hydrogen-bond acceptors (Lipinski definition) is 5. The van der Waals surface area contributed by atoms with Crippen molar-refractivity contribution in [3.8, 4) is 0 Å². The maximum atomic E-state index is 12.7. The van der Waals surface area contributed by atoms with Crippen molar-refractivity contribution >= 4 is 16.3 Å². The molecule has 1 aromatic heterocycles. The smallest absolute Gasteiger partial charge is 0.279 e. The fourth-order valence-electron chi connectivity index (χ4n) is 4.75. The summed E-state index contributed by atoms with van der Waals surface area (Å²) in [6.45, 7) is 10.8. The van der Waals surface area contributed by atoms with E-state index in [0.29, 0.717) is 31.0 Å². The molecule has 0 saturated carbocycles. The van der Waals surface area contributed by atoms with Crippen LogP contribution in [-0.2, 0) is 29.8 Å². The van der Waals surface area contributed by atoms with E-state index in [-0.39, 0.29) is 11.3 Å². The van der Waals surface area contributed by atoms with Gasteiger partial charge in [-0.05, 0) is 63.7 Å². The first-order valence-electron chi connectivity index (χ1n) is 11.9. The summed E-state index contributed by atoms with van der Waals surface area (Å²) in [6, 6.07) is 9.98. The van der Waals surface area contributed by atoms with Crippen LogP contribution < -0.4 is 10.2 Å². The molecule has 0 amide bonds. The molecule has 0 spiro atoms. The molecule has 1 fully saturated rings. The first-order valence-corrected chi connectivity index (χ1v) is 13.3. The molecule has 2 aromatic rings. The van der Waals surface area contributed by atoms with Crippen LogP contribution in [0.3, 0.4) is 0 Å². The van der Waals surface area contributed by atoms with Gasteiger partial charge in [0.2, 0.25) is 0 Å². The molecule has 34 heavy (non-hydrogen) atoms. The summed E-state index contributed by atoms with van der Waals surface area (Å²) >= 11 is 0. The van der Waals surface area contributed by atoms with Gasteiger partial charge in [0, 0.05) is 37.8 Å². The topological polar surface area (TPSA) is 82.9 Å². The molecule has 8 heteroatoms. The van der Waals surface area contributed by atoms with Crippen LogP contribution in [0.4, 0.5) is 0 Å². The molecule has 1 saturated heterocycles. The lowest BCUT2D eigenvalue weighted by Crippen LogP contribution is -2.51. The first-order chi connectivity index (χ1) is 16.0. The highest BCUT2D eigenvalue weighted by Crippen LogP contribution is 2.27. The number of allylic oxidation sites excluding steroid dienone is 1. The van der Waals surface area contributed by atoms with E-state index in [2.05, 4.69) is 33.9 Å². The second kappa shape index (κ2) is 9.77. The van der Waals surface area contributed by atoms with Crippen LogP contribution in [0.25, 0.3) is 6.08 Å². The van der Waals surface area contributed by atoms with Crippen molar-refractivity contribution in [2.24, 2.45) is 5.92 Å². The van der Waals surface area contributed by atoms with Gasteiger partial charge >= 0.3 is 0 Å². The van der Waals surface area contributed by atoms with Crippen molar-refractivity contribution in [3.63, 3.8) is 0 Å². The minimum Gasteiger partial charge on any atom is -0.467 e. The number of fused-ring (bicyclic) bond motifs is 1. The van der Waals surface area contributed by atoms with Gasteiger partial charge in [0.1, 0.15) is 12.0 Å². The molecule has 2 aliphatic rings. The first kappa shape index (κ1) is 24.9. The van der Waals surface area contributed by atoms with Crippen molar-refractivity contribution in [1.29, 1.82) is 0 Å². The maximum Gasteiger partial charge on any atom is 0.279 e. The summed E-state index contributed by atoms with van der Waals surface area (Å²) in [7, 11) is -3.49. The summed E-state index contributed by atoms with van der Waals surface area (Å²) in [6.07, 6.45) is 4.90. The van der Waals surface area contributed by atoms with Crippen molar-refractivity contribution < 1.29 is 12.8 Å². The highest BCUT2D eigenvalue weighted by Gasteiger charge is 2.31. The lowest BCUT2D eigenvalue weighted by Gasteiger charge is -2.33. The van der Waals surface area contributed by atoms with Crippen molar-refractivity contribution in [3.05, 3.63) is 74.8 Å². The lowest BCUT2D eigenvalue weighted by molar-refractivity contribution is 0.248. The fourth-order valence-corrected chi connectivity index (χ4v) is 6.35. The average Bonchev–Trinajstić information content (AvgIpc) is 3.16. The van der Waals surface area contributed by atoms with E-state index in [1.807, 2.05) is 33.8 Å². The second-order valence-electron chi connectivity index (χ2n) is 10.5. The molecule has 3 heterocycles. The summed E-state index contributed by atoms with van der Waals surface area (Å²) < 4.78 is 35.2. The zero-order chi connectivity index (χ0) is 24.5. The van der Waals surface area contributed by atoms with Gasteiger partial charge in [0.25, 0.3) is 10.2 Å². The van der Waals surface area contributed by atoms with E-state index in [1.54, 1.807) is 12.3 Å². The van der Waals surface area contributed by atoms with Crippen LogP contribution in [0.2, 0.25) is 0 Å². The summed E-state index contributed by atoms with van der Waals surface area (Å²) in [5.74, 6) is 0.903. The molecule has 0 aliphatic carbocycles. The molecule has 184 valence electrons. The third-order valence-corrected chi connectivity index (χ3v) is 8.37. The molecular formula is C26H35N3O4S. The lowest BCUT2D eigenvalue weighted by atomic mass is 9.90. The van der Waals surface area contributed by atoms with Crippen LogP contribution in [0, 0.1) is 5.92 Å². The highest BCUT2D eigenvalue weighted by atomic mass is 32.2. The van der Waals surface area contributed by atoms with Crippen LogP contribution in [0.15, 0.2) is 51.4 Å². The van der Waals surface area contributed by atoms with Gasteiger partial charge in [0.15, 0.2) is 5.43 Å². The van der Waals surface area contributed by atoms with Gasteiger partial charge in [-0.25, -0.2) is 0 Å². The average molecular weight is 486 g/mol. The minimum absolute atomic E-state index is 0.0493. The quantitative estimate of drug-likeness (QED) is 0.671. The Hall–Kier alpha value is -2.26. The molecule has 0 radical (unpaired) electrons. The third-order valence-electron chi connectivity index (χ3n) is 6.46. The Bertz CT molecular complexity index is 1190. The van der Waals surface area contributed by atoms with Crippen molar-refractivity contribution in [2.75, 3.05) is 13.1 Å². The number of rotatable bonds is 6. The van der Waals surface area contributed by atoms with E-state index in [9.17, 15) is 13.2 Å². The molecule has 0 unspecified atom stereocenters. The second-order valence-corrected chi connectivity index (χ2v) is 12.2. The maximum absolute atomic E-state index is 12.7. The standard InChI is InChI=1S/C26H35N3O4S/c1-19(20-9-11-29(12-10-20)34(31,32)27-26(2,3)4)13-23-18-33-24(14-25(23)30)17-28-15-21-7-5-6-8-22(21)16-28/h5-8,13-14,18,20,27H,9-12,15-17H2,1-4H3/b19-13+. The Morgan fingerprint density at radius 2 is 1.76 bits per heavy atom. The number of piperidine rings is 1. The summed E-state index contributed by atoms with van der Waals surface area (Å²) in [5, 5.41) is 0. The predicted octanol–water partition coefficient (Wildman–Crippen LogP) is 3.90. The molecule has 1 aromatic carbocycles. The van der Waals surface area contributed by atoms with Gasteiger partial charge in [0.05, 0.1) is 12.1 Å². The largest absolute Gasteiger partial charge is 0.467 e. The Kier molecular flexibility index (Phi) is 7.14. The van der Waals surface area contributed by atoms with Crippen LogP contribution in [-0.4, -0.2) is 36.3 Å². The SMILES string of the molecule is C/C(=C\c1coc(CN2Cc3ccccc3C2)cc1=O)C1CCN(S(=O)(=O)NC(C)(C)C)CC1. The molecule has 2 aliphatic heterocycles. The molecule has 0 bridgehead atoms. The summed E-state index contributed by atoms with van der Waals surface area (Å²) in [5.41, 5.74) is 3.71. The van der Waals surface area contributed by atoms with Crippen molar-refractivity contribution in [2.45, 2.75) is 65.7 Å². The molecule has 1 N–H and O–H groups in total. The Labute approximate surface area is 202 Å². The predicted molar refractivity (Wildman–Crippen MR) is 134 cm³/mol. The van der Waals surface area contributed by atoms with Gasteiger partial charge < -0.3 is 4.42 Å². The molecule has 4 rings (SSSR count). The van der Waals surface area contributed by atoms with Gasteiger partial charge in [-0.1, -0.05) is 29.8 Å². The third kappa shape index (κ3) is 6.05. The van der Waals surface area contributed by atoms with E-state index >= 15 is 0 Å². The Morgan fingerprint density at radius 1 is 1.15 bits per heavy atom. The van der Waals surface area contributed by atoms with E-state index in [0.717, 1.165) is 31.5 Å². The van der Waals surface area contributed by atoms with Crippen molar-refractivity contribution in [1.82, 2.24) is 13.9 Å². The molecule has 0 atom stereocenters. The Balaban J connectivity index is 1.36. The number of hydrogen-bond donors (Lipinski definition) is 1. The highest BCUT2D eigenvalue weighted by molar-refractivity contribution is 7.87. The van der Waals surface area contributed by atoms with Gasteiger partial charge in [-0.3, -0.25) is 9.69 Å². The van der Waals surface area contributed by atoms with Crippen LogP contribution >= 0.6 is 0 Å². The fraction of sp³-hybridized carbons (Fsp3) is 0.500. The van der Waals surface area contributed by atoms with E-state index in [1.165, 1.54) is 15.4 Å². The normalized spacial score (nSPS) is 18.9. The minimum atomic E-state index is -3.49. The zero-order valence-electron chi connectivity index (χ0n) is 20.5. The molecule has 7 nitrogen and oxygen atoms in total.